The normalized spacial score (nSPS) is 24.2. The third kappa shape index (κ3) is 1.60. The molecule has 0 N–H and O–H groups in total. The molecule has 0 bridgehead atoms. The third-order valence-electron chi connectivity index (χ3n) is 3.38. The van der Waals surface area contributed by atoms with E-state index in [0.29, 0.717) is 26.1 Å². The zero-order valence-electron chi connectivity index (χ0n) is 9.15. The van der Waals surface area contributed by atoms with Crippen molar-refractivity contribution in [2.75, 3.05) is 13.2 Å². The molecule has 17 heavy (non-hydrogen) atoms. The van der Waals surface area contributed by atoms with Crippen LogP contribution in [-0.2, 0) is 14.9 Å². The second-order valence-electron chi connectivity index (χ2n) is 4.49. The molecule has 5 heteroatoms. The predicted molar refractivity (Wildman–Crippen MR) is 63.1 cm³/mol. The van der Waals surface area contributed by atoms with Crippen molar-refractivity contribution in [1.29, 1.82) is 5.26 Å². The first-order valence-electron chi connectivity index (χ1n) is 5.50. The molecule has 4 nitrogen and oxygen atoms in total. The Balaban J connectivity index is 1.92. The summed E-state index contributed by atoms with van der Waals surface area (Å²) in [6, 6.07) is 6.12. The SMILES string of the molecule is N#CC1(c2ncccc2Br)CC2(C1)OCCO2. The highest BCUT2D eigenvalue weighted by Crippen LogP contribution is 2.54. The molecular weight excluding hydrogens is 284 g/mol. The largest absolute Gasteiger partial charge is 0.347 e. The highest BCUT2D eigenvalue weighted by Gasteiger charge is 2.61. The molecule has 0 amide bonds. The smallest absolute Gasteiger partial charge is 0.172 e. The van der Waals surface area contributed by atoms with Gasteiger partial charge in [-0.15, -0.1) is 0 Å². The number of halogens is 1. The molecule has 3 rings (SSSR count). The van der Waals surface area contributed by atoms with Crippen molar-refractivity contribution >= 4 is 15.9 Å². The summed E-state index contributed by atoms with van der Waals surface area (Å²) in [7, 11) is 0. The van der Waals surface area contributed by atoms with E-state index in [0.717, 1.165) is 10.2 Å². The van der Waals surface area contributed by atoms with Gasteiger partial charge in [-0.1, -0.05) is 0 Å². The molecule has 0 atom stereocenters. The van der Waals surface area contributed by atoms with Gasteiger partial charge in [0, 0.05) is 23.5 Å². The number of hydrogen-bond acceptors (Lipinski definition) is 4. The average molecular weight is 295 g/mol. The Labute approximate surface area is 108 Å². The van der Waals surface area contributed by atoms with Gasteiger partial charge in [-0.05, 0) is 28.1 Å². The zero-order chi connectivity index (χ0) is 11.9. The second kappa shape index (κ2) is 3.77. The molecule has 2 heterocycles. The number of pyridine rings is 1. The van der Waals surface area contributed by atoms with Crippen molar-refractivity contribution < 1.29 is 9.47 Å². The van der Waals surface area contributed by atoms with E-state index in [2.05, 4.69) is 27.0 Å². The highest BCUT2D eigenvalue weighted by molar-refractivity contribution is 9.10. The lowest BCUT2D eigenvalue weighted by Gasteiger charge is -2.48. The Morgan fingerprint density at radius 1 is 1.35 bits per heavy atom. The molecule has 1 aliphatic heterocycles. The maximum Gasteiger partial charge on any atom is 0.172 e. The maximum absolute atomic E-state index is 9.44. The summed E-state index contributed by atoms with van der Waals surface area (Å²) in [5, 5.41) is 9.44. The van der Waals surface area contributed by atoms with Gasteiger partial charge in [0.15, 0.2) is 5.79 Å². The molecule has 1 spiro atoms. The van der Waals surface area contributed by atoms with Gasteiger partial charge >= 0.3 is 0 Å². The summed E-state index contributed by atoms with van der Waals surface area (Å²) in [5.74, 6) is -0.535. The van der Waals surface area contributed by atoms with Crippen molar-refractivity contribution in [2.24, 2.45) is 0 Å². The fourth-order valence-electron chi connectivity index (χ4n) is 2.61. The number of aromatic nitrogens is 1. The minimum Gasteiger partial charge on any atom is -0.347 e. The lowest BCUT2D eigenvalue weighted by atomic mass is 9.63. The van der Waals surface area contributed by atoms with Crippen LogP contribution >= 0.6 is 15.9 Å². The molecule has 1 saturated heterocycles. The first-order chi connectivity index (χ1) is 8.20. The van der Waals surface area contributed by atoms with Gasteiger partial charge < -0.3 is 9.47 Å². The number of ether oxygens (including phenoxy) is 2. The molecule has 1 aliphatic carbocycles. The van der Waals surface area contributed by atoms with Gasteiger partial charge in [-0.3, -0.25) is 4.98 Å². The second-order valence-corrected chi connectivity index (χ2v) is 5.34. The van der Waals surface area contributed by atoms with Crippen LogP contribution in [0.25, 0.3) is 0 Å². The summed E-state index contributed by atoms with van der Waals surface area (Å²) >= 11 is 3.45. The fraction of sp³-hybridized carbons (Fsp3) is 0.500. The fourth-order valence-corrected chi connectivity index (χ4v) is 3.24. The molecular formula is C12H11BrN2O2. The van der Waals surface area contributed by atoms with E-state index in [1.165, 1.54) is 0 Å². The molecule has 1 saturated carbocycles. The van der Waals surface area contributed by atoms with Crippen molar-refractivity contribution in [2.45, 2.75) is 24.0 Å². The Kier molecular flexibility index (Phi) is 2.47. The average Bonchev–Trinajstić information content (AvgIpc) is 2.76. The number of nitriles is 1. The molecule has 88 valence electrons. The van der Waals surface area contributed by atoms with Crippen molar-refractivity contribution in [1.82, 2.24) is 4.98 Å². The third-order valence-corrected chi connectivity index (χ3v) is 4.02. The van der Waals surface area contributed by atoms with Crippen LogP contribution in [0.1, 0.15) is 18.5 Å². The number of nitrogens with zero attached hydrogens (tertiary/aromatic N) is 2. The summed E-state index contributed by atoms with van der Waals surface area (Å²) in [6.07, 6.45) is 2.83. The van der Waals surface area contributed by atoms with E-state index in [1.807, 2.05) is 12.1 Å². The molecule has 2 fully saturated rings. The summed E-state index contributed by atoms with van der Waals surface area (Å²) in [5.41, 5.74) is 0.206. The molecule has 0 unspecified atom stereocenters. The molecule has 1 aromatic heterocycles. The Bertz CT molecular complexity index is 484. The summed E-state index contributed by atoms with van der Waals surface area (Å²) in [6.45, 7) is 1.23. The first kappa shape index (κ1) is 11.1. The van der Waals surface area contributed by atoms with Crippen LogP contribution < -0.4 is 0 Å². The zero-order valence-corrected chi connectivity index (χ0v) is 10.7. The Hall–Kier alpha value is -0.960. The summed E-state index contributed by atoms with van der Waals surface area (Å²) in [4.78, 5) is 4.32. The number of hydrogen-bond donors (Lipinski definition) is 0. The van der Waals surface area contributed by atoms with Crippen molar-refractivity contribution in [3.63, 3.8) is 0 Å². The van der Waals surface area contributed by atoms with Crippen molar-refractivity contribution in [3.05, 3.63) is 28.5 Å². The van der Waals surface area contributed by atoms with Crippen LogP contribution in [0.3, 0.4) is 0 Å². The molecule has 1 aromatic rings. The van der Waals surface area contributed by atoms with E-state index >= 15 is 0 Å². The molecule has 0 aromatic carbocycles. The van der Waals surface area contributed by atoms with Gasteiger partial charge in [0.1, 0.15) is 5.41 Å². The van der Waals surface area contributed by atoms with E-state index in [4.69, 9.17) is 9.47 Å². The minimum absolute atomic E-state index is 0.535. The first-order valence-corrected chi connectivity index (χ1v) is 6.29. The van der Waals surface area contributed by atoms with Gasteiger partial charge in [-0.2, -0.15) is 5.26 Å². The monoisotopic (exact) mass is 294 g/mol. The van der Waals surface area contributed by atoms with E-state index in [-0.39, 0.29) is 0 Å². The number of rotatable bonds is 1. The van der Waals surface area contributed by atoms with E-state index in [9.17, 15) is 5.26 Å². The van der Waals surface area contributed by atoms with Crippen LogP contribution in [-0.4, -0.2) is 24.0 Å². The highest BCUT2D eigenvalue weighted by atomic mass is 79.9. The van der Waals surface area contributed by atoms with Gasteiger partial charge in [0.25, 0.3) is 0 Å². The molecule has 0 radical (unpaired) electrons. The summed E-state index contributed by atoms with van der Waals surface area (Å²) < 4.78 is 12.0. The molecule has 2 aliphatic rings. The minimum atomic E-state index is -0.579. The van der Waals surface area contributed by atoms with Crippen LogP contribution in [0.5, 0.6) is 0 Å². The Morgan fingerprint density at radius 2 is 2.06 bits per heavy atom. The van der Waals surface area contributed by atoms with E-state index in [1.54, 1.807) is 6.20 Å². The van der Waals surface area contributed by atoms with Gasteiger partial charge in [-0.25, -0.2) is 0 Å². The van der Waals surface area contributed by atoms with Crippen LogP contribution in [0.2, 0.25) is 0 Å². The quantitative estimate of drug-likeness (QED) is 0.796. The van der Waals surface area contributed by atoms with E-state index < -0.39 is 11.2 Å². The topological polar surface area (TPSA) is 55.1 Å². The Morgan fingerprint density at radius 3 is 2.65 bits per heavy atom. The van der Waals surface area contributed by atoms with Crippen molar-refractivity contribution in [3.8, 4) is 6.07 Å². The lowest BCUT2D eigenvalue weighted by Crippen LogP contribution is -2.55. The van der Waals surface area contributed by atoms with Crippen LogP contribution in [0.4, 0.5) is 0 Å². The standard InChI is InChI=1S/C12H11BrN2O2/c13-9-2-1-3-15-10(9)11(8-14)6-12(7-11)16-4-5-17-12/h1-3H,4-7H2. The van der Waals surface area contributed by atoms with Crippen LogP contribution in [0.15, 0.2) is 22.8 Å². The van der Waals surface area contributed by atoms with Gasteiger partial charge in [0.2, 0.25) is 0 Å². The lowest BCUT2D eigenvalue weighted by molar-refractivity contribution is -0.230. The maximum atomic E-state index is 9.44. The van der Waals surface area contributed by atoms with Gasteiger partial charge in [0.05, 0.1) is 25.0 Å². The van der Waals surface area contributed by atoms with Crippen LogP contribution in [0, 0.1) is 11.3 Å². The predicted octanol–water partition coefficient (Wildman–Crippen LogP) is 2.14.